The lowest BCUT2D eigenvalue weighted by atomic mass is 10.0. The number of H-pyrrole nitrogens is 1. The van der Waals surface area contributed by atoms with Gasteiger partial charge in [-0.25, -0.2) is 0 Å². The van der Waals surface area contributed by atoms with Gasteiger partial charge in [-0.2, -0.15) is 0 Å². The number of carbonyl (C=O) groups excluding carboxylic acids is 3. The summed E-state index contributed by atoms with van der Waals surface area (Å²) in [6, 6.07) is 17.8. The van der Waals surface area contributed by atoms with Crippen LogP contribution in [0.15, 0.2) is 60.7 Å². The summed E-state index contributed by atoms with van der Waals surface area (Å²) in [5.74, 6) is -0.556. The average molecular weight is 459 g/mol. The van der Waals surface area contributed by atoms with Gasteiger partial charge in [0.05, 0.1) is 5.56 Å². The number of benzene rings is 3. The van der Waals surface area contributed by atoms with Crippen molar-refractivity contribution in [1.82, 2.24) is 10.3 Å². The Kier molecular flexibility index (Phi) is 5.11. The van der Waals surface area contributed by atoms with Gasteiger partial charge in [-0.1, -0.05) is 17.7 Å². The summed E-state index contributed by atoms with van der Waals surface area (Å²) in [5.41, 5.74) is 5.54. The van der Waals surface area contributed by atoms with Crippen molar-refractivity contribution < 1.29 is 14.4 Å². The maximum Gasteiger partial charge on any atom is 0.255 e. The Labute approximate surface area is 194 Å². The second-order valence-corrected chi connectivity index (χ2v) is 8.24. The first-order chi connectivity index (χ1) is 15.9. The van der Waals surface area contributed by atoms with Crippen LogP contribution in [-0.2, 0) is 11.3 Å². The second kappa shape index (κ2) is 8.11. The van der Waals surface area contributed by atoms with Crippen LogP contribution < -0.4 is 16.0 Å². The lowest BCUT2D eigenvalue weighted by Crippen LogP contribution is -2.13. The van der Waals surface area contributed by atoms with Gasteiger partial charge in [0.2, 0.25) is 5.91 Å². The van der Waals surface area contributed by atoms with Crippen LogP contribution in [0.2, 0.25) is 5.02 Å². The SMILES string of the molecule is CC(=O)Nc1ccc(NC(=O)c2ccc3[nH]c(-c4ccc(Cl)c5c4C(=O)NC5)cc3c2)cc1. The summed E-state index contributed by atoms with van der Waals surface area (Å²) in [4.78, 5) is 39.6. The number of aromatic amines is 1. The Morgan fingerprint density at radius 3 is 2.39 bits per heavy atom. The molecule has 4 aromatic rings. The fraction of sp³-hybridized carbons (Fsp3) is 0.0800. The summed E-state index contributed by atoms with van der Waals surface area (Å²) in [6.45, 7) is 1.85. The van der Waals surface area contributed by atoms with Crippen molar-refractivity contribution in [1.29, 1.82) is 0 Å². The quantitative estimate of drug-likeness (QED) is 0.348. The molecule has 1 aliphatic heterocycles. The van der Waals surface area contributed by atoms with E-state index in [0.717, 1.165) is 27.7 Å². The van der Waals surface area contributed by atoms with E-state index in [-0.39, 0.29) is 17.7 Å². The fourth-order valence-corrected chi connectivity index (χ4v) is 4.22. The number of nitrogens with one attached hydrogen (secondary N) is 4. The van der Waals surface area contributed by atoms with E-state index in [2.05, 4.69) is 20.9 Å². The Hall–Kier alpha value is -4.10. The zero-order valence-electron chi connectivity index (χ0n) is 17.6. The fourth-order valence-electron chi connectivity index (χ4n) is 4.00. The summed E-state index contributed by atoms with van der Waals surface area (Å²) < 4.78 is 0. The van der Waals surface area contributed by atoms with Crippen LogP contribution in [0.1, 0.15) is 33.2 Å². The molecular formula is C25H19ClN4O3. The van der Waals surface area contributed by atoms with Crippen LogP contribution in [0.5, 0.6) is 0 Å². The maximum atomic E-state index is 12.8. The van der Waals surface area contributed by atoms with Gasteiger partial charge in [0, 0.05) is 63.2 Å². The highest BCUT2D eigenvalue weighted by Gasteiger charge is 2.26. The number of hydrogen-bond acceptors (Lipinski definition) is 3. The number of anilines is 2. The van der Waals surface area contributed by atoms with Crippen molar-refractivity contribution in [2.45, 2.75) is 13.5 Å². The number of hydrogen-bond donors (Lipinski definition) is 4. The molecule has 0 saturated carbocycles. The Morgan fingerprint density at radius 2 is 1.67 bits per heavy atom. The molecule has 0 aliphatic carbocycles. The Morgan fingerprint density at radius 1 is 0.939 bits per heavy atom. The van der Waals surface area contributed by atoms with Crippen molar-refractivity contribution in [3.8, 4) is 11.3 Å². The van der Waals surface area contributed by atoms with E-state index in [4.69, 9.17) is 11.6 Å². The van der Waals surface area contributed by atoms with Crippen LogP contribution in [0.3, 0.4) is 0 Å². The van der Waals surface area contributed by atoms with Gasteiger partial charge in [0.15, 0.2) is 0 Å². The molecule has 8 heteroatoms. The molecule has 164 valence electrons. The second-order valence-electron chi connectivity index (χ2n) is 7.83. The van der Waals surface area contributed by atoms with Crippen LogP contribution in [0.25, 0.3) is 22.2 Å². The number of carbonyl (C=O) groups is 3. The highest BCUT2D eigenvalue weighted by atomic mass is 35.5. The molecule has 3 aromatic carbocycles. The maximum absolute atomic E-state index is 12.8. The number of rotatable bonds is 4. The molecule has 0 unspecified atom stereocenters. The van der Waals surface area contributed by atoms with Gasteiger partial charge in [0.25, 0.3) is 11.8 Å². The molecule has 2 heterocycles. The van der Waals surface area contributed by atoms with Crippen LogP contribution in [0.4, 0.5) is 11.4 Å². The lowest BCUT2D eigenvalue weighted by Gasteiger charge is -2.07. The third kappa shape index (κ3) is 3.94. The summed E-state index contributed by atoms with van der Waals surface area (Å²) in [5, 5.41) is 9.77. The molecule has 0 saturated heterocycles. The number of fused-ring (bicyclic) bond motifs is 2. The van der Waals surface area contributed by atoms with E-state index in [1.807, 2.05) is 18.2 Å². The first-order valence-electron chi connectivity index (χ1n) is 10.3. The van der Waals surface area contributed by atoms with Gasteiger partial charge in [-0.3, -0.25) is 14.4 Å². The van der Waals surface area contributed by atoms with Crippen LogP contribution in [0, 0.1) is 0 Å². The normalized spacial score (nSPS) is 12.4. The van der Waals surface area contributed by atoms with Crippen molar-refractivity contribution >= 4 is 51.6 Å². The molecule has 0 bridgehead atoms. The average Bonchev–Trinajstić information content (AvgIpc) is 3.39. The molecule has 0 radical (unpaired) electrons. The number of aromatic nitrogens is 1. The zero-order chi connectivity index (χ0) is 23.1. The van der Waals surface area contributed by atoms with E-state index >= 15 is 0 Å². The van der Waals surface area contributed by atoms with Gasteiger partial charge in [-0.15, -0.1) is 0 Å². The topological polar surface area (TPSA) is 103 Å². The molecule has 33 heavy (non-hydrogen) atoms. The van der Waals surface area contributed by atoms with E-state index in [0.29, 0.717) is 34.1 Å². The van der Waals surface area contributed by atoms with Gasteiger partial charge in [-0.05, 0) is 54.6 Å². The predicted molar refractivity (Wildman–Crippen MR) is 129 cm³/mol. The molecular weight excluding hydrogens is 440 g/mol. The Bertz CT molecular complexity index is 1440. The minimum absolute atomic E-state index is 0.147. The van der Waals surface area contributed by atoms with E-state index in [1.54, 1.807) is 42.5 Å². The zero-order valence-corrected chi connectivity index (χ0v) is 18.3. The Balaban J connectivity index is 1.41. The van der Waals surface area contributed by atoms with Crippen molar-refractivity contribution in [3.05, 3.63) is 82.4 Å². The van der Waals surface area contributed by atoms with Crippen molar-refractivity contribution in [3.63, 3.8) is 0 Å². The van der Waals surface area contributed by atoms with E-state index < -0.39 is 0 Å². The number of amides is 3. The first-order valence-corrected chi connectivity index (χ1v) is 10.7. The van der Waals surface area contributed by atoms with E-state index in [1.165, 1.54) is 6.92 Å². The molecule has 3 amide bonds. The molecule has 4 N–H and O–H groups in total. The molecule has 1 aliphatic rings. The third-order valence-corrected chi connectivity index (χ3v) is 5.90. The predicted octanol–water partition coefficient (Wildman–Crippen LogP) is 4.94. The summed E-state index contributed by atoms with van der Waals surface area (Å²) >= 11 is 6.26. The summed E-state index contributed by atoms with van der Waals surface area (Å²) in [6.07, 6.45) is 0. The van der Waals surface area contributed by atoms with Crippen molar-refractivity contribution in [2.24, 2.45) is 0 Å². The number of halogens is 1. The van der Waals surface area contributed by atoms with Gasteiger partial charge >= 0.3 is 0 Å². The van der Waals surface area contributed by atoms with Gasteiger partial charge < -0.3 is 20.9 Å². The monoisotopic (exact) mass is 458 g/mol. The summed E-state index contributed by atoms with van der Waals surface area (Å²) in [7, 11) is 0. The van der Waals surface area contributed by atoms with Crippen LogP contribution >= 0.6 is 11.6 Å². The molecule has 5 rings (SSSR count). The molecule has 0 fully saturated rings. The van der Waals surface area contributed by atoms with Gasteiger partial charge in [0.1, 0.15) is 0 Å². The van der Waals surface area contributed by atoms with E-state index in [9.17, 15) is 14.4 Å². The molecule has 0 spiro atoms. The molecule has 1 aromatic heterocycles. The highest BCUT2D eigenvalue weighted by Crippen LogP contribution is 2.34. The standard InChI is InChI=1S/C25H19ClN4O3/c1-13(31)28-16-3-5-17(6-4-16)29-24(32)14-2-9-21-15(10-14)11-22(30-21)18-7-8-20(26)19-12-27-25(33)23(18)19/h2-11,30H,12H2,1H3,(H,27,33)(H,28,31)(H,29,32). The minimum Gasteiger partial charge on any atom is -0.355 e. The largest absolute Gasteiger partial charge is 0.355 e. The third-order valence-electron chi connectivity index (χ3n) is 5.54. The molecule has 0 atom stereocenters. The smallest absolute Gasteiger partial charge is 0.255 e. The lowest BCUT2D eigenvalue weighted by molar-refractivity contribution is -0.114. The minimum atomic E-state index is -0.251. The highest BCUT2D eigenvalue weighted by molar-refractivity contribution is 6.32. The van der Waals surface area contributed by atoms with Crippen molar-refractivity contribution in [2.75, 3.05) is 10.6 Å². The molecule has 7 nitrogen and oxygen atoms in total. The first kappa shape index (κ1) is 20.8. The van der Waals surface area contributed by atoms with Crippen LogP contribution in [-0.4, -0.2) is 22.7 Å².